The van der Waals surface area contributed by atoms with E-state index in [0.717, 1.165) is 24.4 Å². The van der Waals surface area contributed by atoms with E-state index in [0.29, 0.717) is 5.92 Å². The van der Waals surface area contributed by atoms with Gasteiger partial charge in [-0.2, -0.15) is 5.10 Å². The van der Waals surface area contributed by atoms with Gasteiger partial charge in [-0.3, -0.25) is 14.3 Å². The molecule has 1 fully saturated rings. The highest BCUT2D eigenvalue weighted by molar-refractivity contribution is 5.37. The van der Waals surface area contributed by atoms with Crippen molar-refractivity contribution in [1.29, 1.82) is 0 Å². The summed E-state index contributed by atoms with van der Waals surface area (Å²) in [5.41, 5.74) is 0.791. The number of nitrogens with zero attached hydrogens (tertiary/aromatic N) is 3. The molecule has 3 heterocycles. The highest BCUT2D eigenvalue weighted by Crippen LogP contribution is 2.18. The van der Waals surface area contributed by atoms with E-state index in [9.17, 15) is 4.79 Å². The molecule has 1 aliphatic rings. The molecule has 0 spiro atoms. The van der Waals surface area contributed by atoms with Gasteiger partial charge in [-0.1, -0.05) is 0 Å². The first-order chi connectivity index (χ1) is 8.22. The predicted octanol–water partition coefficient (Wildman–Crippen LogP) is 0.517. The van der Waals surface area contributed by atoms with E-state index in [1.807, 2.05) is 4.40 Å². The summed E-state index contributed by atoms with van der Waals surface area (Å²) in [5.74, 6) is 1.69. The van der Waals surface area contributed by atoms with E-state index >= 15 is 0 Å². The van der Waals surface area contributed by atoms with Crippen LogP contribution in [0.1, 0.15) is 12.2 Å². The van der Waals surface area contributed by atoms with Gasteiger partial charge in [0.15, 0.2) is 5.43 Å². The molecule has 1 atom stereocenters. The summed E-state index contributed by atoms with van der Waals surface area (Å²) in [6, 6.07) is 3.16. The van der Waals surface area contributed by atoms with Crippen molar-refractivity contribution >= 4 is 5.65 Å². The molecule has 0 radical (unpaired) electrons. The van der Waals surface area contributed by atoms with E-state index < -0.39 is 0 Å². The van der Waals surface area contributed by atoms with Crippen molar-refractivity contribution in [1.82, 2.24) is 19.5 Å². The second-order valence-corrected chi connectivity index (χ2v) is 4.88. The molecule has 5 heteroatoms. The van der Waals surface area contributed by atoms with E-state index in [1.165, 1.54) is 13.0 Å². The second kappa shape index (κ2) is 4.00. The molecule has 0 amide bonds. The molecule has 2 aromatic rings. The number of fused-ring (bicyclic) bond motifs is 1. The van der Waals surface area contributed by atoms with Gasteiger partial charge in [-0.15, -0.1) is 0 Å². The van der Waals surface area contributed by atoms with Crippen LogP contribution in [-0.2, 0) is 6.42 Å². The highest BCUT2D eigenvalue weighted by Gasteiger charge is 2.21. The van der Waals surface area contributed by atoms with E-state index in [4.69, 9.17) is 0 Å². The van der Waals surface area contributed by atoms with Gasteiger partial charge < -0.3 is 4.90 Å². The molecule has 0 bridgehead atoms. The Morgan fingerprint density at radius 2 is 2.47 bits per heavy atom. The number of H-pyrrole nitrogens is 1. The van der Waals surface area contributed by atoms with E-state index in [2.05, 4.69) is 22.1 Å². The first-order valence-electron chi connectivity index (χ1n) is 5.96. The van der Waals surface area contributed by atoms with Gasteiger partial charge in [0.05, 0.1) is 0 Å². The van der Waals surface area contributed by atoms with Gasteiger partial charge in [0.2, 0.25) is 0 Å². The van der Waals surface area contributed by atoms with Crippen LogP contribution in [0.25, 0.3) is 5.65 Å². The Labute approximate surface area is 99.1 Å². The van der Waals surface area contributed by atoms with Crippen molar-refractivity contribution in [3.8, 4) is 0 Å². The average molecular weight is 232 g/mol. The molecule has 17 heavy (non-hydrogen) atoms. The van der Waals surface area contributed by atoms with Crippen LogP contribution < -0.4 is 5.43 Å². The third-order valence-electron chi connectivity index (χ3n) is 3.46. The zero-order chi connectivity index (χ0) is 11.8. The minimum absolute atomic E-state index is 0.0146. The zero-order valence-electron chi connectivity index (χ0n) is 9.89. The molecule has 0 aliphatic carbocycles. The Bertz CT molecular complexity index is 585. The Hall–Kier alpha value is -1.62. The fourth-order valence-electron chi connectivity index (χ4n) is 2.56. The number of hydrogen-bond donors (Lipinski definition) is 1. The normalized spacial score (nSPS) is 21.4. The van der Waals surface area contributed by atoms with Gasteiger partial charge in [-0.25, -0.2) is 0 Å². The van der Waals surface area contributed by atoms with Gasteiger partial charge in [0.25, 0.3) is 0 Å². The fourth-order valence-corrected chi connectivity index (χ4v) is 2.56. The second-order valence-electron chi connectivity index (χ2n) is 4.88. The molecule has 2 aromatic heterocycles. The van der Waals surface area contributed by atoms with Crippen molar-refractivity contribution < 1.29 is 0 Å². The third-order valence-corrected chi connectivity index (χ3v) is 3.46. The summed E-state index contributed by atoms with van der Waals surface area (Å²) < 4.78 is 1.97. The van der Waals surface area contributed by atoms with Crippen LogP contribution in [0.15, 0.2) is 23.1 Å². The molecule has 3 rings (SSSR count). The number of rotatable bonds is 2. The predicted molar refractivity (Wildman–Crippen MR) is 65.1 cm³/mol. The largest absolute Gasteiger partial charge is 0.306 e. The molecule has 1 unspecified atom stereocenters. The van der Waals surface area contributed by atoms with Crippen molar-refractivity contribution in [2.75, 3.05) is 20.1 Å². The van der Waals surface area contributed by atoms with Crippen LogP contribution in [0, 0.1) is 5.92 Å². The third kappa shape index (κ3) is 1.98. The van der Waals surface area contributed by atoms with Gasteiger partial charge in [-0.05, 0) is 25.9 Å². The number of nitrogens with one attached hydrogen (secondary N) is 1. The van der Waals surface area contributed by atoms with Crippen LogP contribution in [0.3, 0.4) is 0 Å². The molecule has 0 saturated carbocycles. The summed E-state index contributed by atoms with van der Waals surface area (Å²) in [4.78, 5) is 13.6. The molecule has 5 nitrogen and oxygen atoms in total. The summed E-state index contributed by atoms with van der Waals surface area (Å²) in [7, 11) is 2.15. The lowest BCUT2D eigenvalue weighted by Crippen LogP contribution is -2.15. The van der Waals surface area contributed by atoms with Crippen LogP contribution in [0.5, 0.6) is 0 Å². The number of aromatic nitrogens is 3. The van der Waals surface area contributed by atoms with Crippen molar-refractivity contribution in [2.24, 2.45) is 5.92 Å². The Balaban J connectivity index is 1.88. The average Bonchev–Trinajstić information content (AvgIpc) is 2.86. The SMILES string of the molecule is CN1CCC(Cc2n[nH]c3cc(=O)ccn23)C1. The number of pyridine rings is 1. The van der Waals surface area contributed by atoms with Crippen LogP contribution in [0.2, 0.25) is 0 Å². The first kappa shape index (κ1) is 10.5. The standard InChI is InChI=1S/C12H16N4O/c1-15-4-2-9(8-15)6-11-13-14-12-7-10(17)3-5-16(11)12/h3,5,7,9,14H,2,4,6,8H2,1H3. The first-order valence-corrected chi connectivity index (χ1v) is 5.96. The summed E-state index contributed by atoms with van der Waals surface area (Å²) in [6.45, 7) is 2.30. The minimum Gasteiger partial charge on any atom is -0.306 e. The smallest absolute Gasteiger partial charge is 0.183 e. The van der Waals surface area contributed by atoms with Crippen molar-refractivity contribution in [2.45, 2.75) is 12.8 Å². The van der Waals surface area contributed by atoms with Gasteiger partial charge in [0.1, 0.15) is 11.5 Å². The molecule has 1 N–H and O–H groups in total. The van der Waals surface area contributed by atoms with E-state index in [-0.39, 0.29) is 5.43 Å². The topological polar surface area (TPSA) is 53.4 Å². The lowest BCUT2D eigenvalue weighted by Gasteiger charge is -2.08. The number of hydrogen-bond acceptors (Lipinski definition) is 3. The monoisotopic (exact) mass is 232 g/mol. The molecule has 0 aromatic carbocycles. The summed E-state index contributed by atoms with van der Waals surface area (Å²) >= 11 is 0. The lowest BCUT2D eigenvalue weighted by atomic mass is 10.0. The van der Waals surface area contributed by atoms with E-state index in [1.54, 1.807) is 18.3 Å². The molecule has 90 valence electrons. The Morgan fingerprint density at radius 1 is 1.59 bits per heavy atom. The van der Waals surface area contributed by atoms with Gasteiger partial charge >= 0.3 is 0 Å². The highest BCUT2D eigenvalue weighted by atomic mass is 16.1. The quantitative estimate of drug-likeness (QED) is 0.821. The number of likely N-dealkylation sites (tertiary alicyclic amines) is 1. The Morgan fingerprint density at radius 3 is 3.24 bits per heavy atom. The maximum atomic E-state index is 11.2. The summed E-state index contributed by atoms with van der Waals surface area (Å²) in [5, 5.41) is 7.22. The Kier molecular flexibility index (Phi) is 2.48. The number of aromatic amines is 1. The minimum atomic E-state index is 0.0146. The molecule has 1 saturated heterocycles. The van der Waals surface area contributed by atoms with Gasteiger partial charge in [0, 0.05) is 31.3 Å². The molecular formula is C12H16N4O. The van der Waals surface area contributed by atoms with Crippen molar-refractivity contribution in [3.05, 3.63) is 34.4 Å². The fraction of sp³-hybridized carbons (Fsp3) is 0.500. The summed E-state index contributed by atoms with van der Waals surface area (Å²) in [6.07, 6.45) is 3.99. The lowest BCUT2D eigenvalue weighted by molar-refractivity contribution is 0.392. The molecule has 1 aliphatic heterocycles. The molecular weight excluding hydrogens is 216 g/mol. The van der Waals surface area contributed by atoms with Crippen LogP contribution >= 0.6 is 0 Å². The van der Waals surface area contributed by atoms with Crippen LogP contribution in [-0.4, -0.2) is 39.6 Å². The maximum absolute atomic E-state index is 11.2. The van der Waals surface area contributed by atoms with Crippen LogP contribution in [0.4, 0.5) is 0 Å². The zero-order valence-corrected chi connectivity index (χ0v) is 9.89. The van der Waals surface area contributed by atoms with Crippen molar-refractivity contribution in [3.63, 3.8) is 0 Å². The maximum Gasteiger partial charge on any atom is 0.183 e.